The molecule has 2 rings (SSSR count). The lowest BCUT2D eigenvalue weighted by atomic mass is 10.4. The van der Waals surface area contributed by atoms with Crippen molar-refractivity contribution in [2.24, 2.45) is 7.05 Å². The summed E-state index contributed by atoms with van der Waals surface area (Å²) in [7, 11) is 1.95. The third-order valence-corrected chi connectivity index (χ3v) is 3.24. The first-order valence-corrected chi connectivity index (χ1v) is 5.65. The topological polar surface area (TPSA) is 34.0 Å². The summed E-state index contributed by atoms with van der Waals surface area (Å²) >= 11 is 2.04. The van der Waals surface area contributed by atoms with Gasteiger partial charge in [-0.05, 0) is 0 Å². The van der Waals surface area contributed by atoms with Gasteiger partial charge in [0, 0.05) is 38.2 Å². The molecule has 1 fully saturated rings. The van der Waals surface area contributed by atoms with Crippen LogP contribution in [-0.2, 0) is 13.6 Å². The minimum Gasteiger partial charge on any atom is -0.296 e. The number of thioether (sulfide) groups is 1. The van der Waals surface area contributed by atoms with Gasteiger partial charge in [0.1, 0.15) is 0 Å². The minimum atomic E-state index is 0.990. The second-order valence-electron chi connectivity index (χ2n) is 3.24. The molecule has 1 aliphatic heterocycles. The molecule has 0 spiro atoms. The molecule has 0 amide bonds. The zero-order chi connectivity index (χ0) is 9.10. The Labute approximate surface area is 82.3 Å². The van der Waals surface area contributed by atoms with Gasteiger partial charge in [0.25, 0.3) is 0 Å². The van der Waals surface area contributed by atoms with Crippen molar-refractivity contribution in [3.05, 3.63) is 11.9 Å². The van der Waals surface area contributed by atoms with Crippen LogP contribution in [0.25, 0.3) is 0 Å². The summed E-state index contributed by atoms with van der Waals surface area (Å²) in [5, 5.41) is 7.79. The van der Waals surface area contributed by atoms with E-state index in [0.29, 0.717) is 0 Å². The molecule has 4 nitrogen and oxygen atoms in total. The molecule has 0 atom stereocenters. The SMILES string of the molecule is Cn1nncc1CN1CCSCC1. The molecule has 1 saturated heterocycles. The predicted molar refractivity (Wildman–Crippen MR) is 53.6 cm³/mol. The van der Waals surface area contributed by atoms with E-state index >= 15 is 0 Å². The Bertz CT molecular complexity index is 267. The lowest BCUT2D eigenvalue weighted by Gasteiger charge is -2.25. The Morgan fingerprint density at radius 3 is 2.85 bits per heavy atom. The van der Waals surface area contributed by atoms with E-state index in [1.807, 2.05) is 29.7 Å². The minimum absolute atomic E-state index is 0.990. The lowest BCUT2D eigenvalue weighted by Crippen LogP contribution is -2.32. The van der Waals surface area contributed by atoms with Crippen LogP contribution in [0.1, 0.15) is 5.69 Å². The molecule has 1 aromatic rings. The number of hydrogen-bond donors (Lipinski definition) is 0. The Balaban J connectivity index is 1.93. The van der Waals surface area contributed by atoms with Gasteiger partial charge >= 0.3 is 0 Å². The third-order valence-electron chi connectivity index (χ3n) is 2.30. The van der Waals surface area contributed by atoms with Gasteiger partial charge in [0.2, 0.25) is 0 Å². The summed E-state index contributed by atoms with van der Waals surface area (Å²) in [6.45, 7) is 3.37. The number of aryl methyl sites for hydroxylation is 1. The summed E-state index contributed by atoms with van der Waals surface area (Å²) in [6.07, 6.45) is 1.85. The van der Waals surface area contributed by atoms with Crippen LogP contribution in [-0.4, -0.2) is 44.5 Å². The molecule has 0 radical (unpaired) electrons. The molecular formula is C8H14N4S. The highest BCUT2D eigenvalue weighted by atomic mass is 32.2. The van der Waals surface area contributed by atoms with Crippen molar-refractivity contribution in [3.8, 4) is 0 Å². The van der Waals surface area contributed by atoms with Gasteiger partial charge in [-0.3, -0.25) is 9.58 Å². The van der Waals surface area contributed by atoms with Crippen LogP contribution in [0.5, 0.6) is 0 Å². The summed E-state index contributed by atoms with van der Waals surface area (Å²) in [5.41, 5.74) is 1.20. The first-order valence-electron chi connectivity index (χ1n) is 4.50. The van der Waals surface area contributed by atoms with E-state index < -0.39 is 0 Å². The van der Waals surface area contributed by atoms with Gasteiger partial charge in [0.15, 0.2) is 0 Å². The van der Waals surface area contributed by atoms with Crippen LogP contribution < -0.4 is 0 Å². The summed E-state index contributed by atoms with van der Waals surface area (Å²) in [6, 6.07) is 0. The normalized spacial score (nSPS) is 19.2. The van der Waals surface area contributed by atoms with Crippen molar-refractivity contribution >= 4 is 11.8 Å². The second-order valence-corrected chi connectivity index (χ2v) is 4.46. The van der Waals surface area contributed by atoms with Crippen LogP contribution in [0.4, 0.5) is 0 Å². The number of rotatable bonds is 2. The van der Waals surface area contributed by atoms with E-state index in [0.717, 1.165) is 6.54 Å². The number of hydrogen-bond acceptors (Lipinski definition) is 4. The summed E-state index contributed by atoms with van der Waals surface area (Å²) in [5.74, 6) is 2.51. The van der Waals surface area contributed by atoms with Crippen LogP contribution in [0.2, 0.25) is 0 Å². The van der Waals surface area contributed by atoms with Crippen LogP contribution in [0, 0.1) is 0 Å². The summed E-state index contributed by atoms with van der Waals surface area (Å²) < 4.78 is 1.85. The van der Waals surface area contributed by atoms with Gasteiger partial charge in [-0.25, -0.2) is 0 Å². The number of nitrogens with zero attached hydrogens (tertiary/aromatic N) is 4. The average Bonchev–Trinajstić information content (AvgIpc) is 2.54. The maximum atomic E-state index is 3.92. The van der Waals surface area contributed by atoms with Crippen molar-refractivity contribution < 1.29 is 0 Å². The third kappa shape index (κ3) is 2.22. The molecule has 0 saturated carbocycles. The number of aromatic nitrogens is 3. The molecule has 0 aromatic carbocycles. The second kappa shape index (κ2) is 4.11. The zero-order valence-corrected chi connectivity index (χ0v) is 8.63. The van der Waals surface area contributed by atoms with Crippen molar-refractivity contribution in [2.45, 2.75) is 6.54 Å². The molecule has 2 heterocycles. The lowest BCUT2D eigenvalue weighted by molar-refractivity contribution is 0.286. The van der Waals surface area contributed by atoms with Crippen molar-refractivity contribution in [1.29, 1.82) is 0 Å². The molecule has 0 bridgehead atoms. The van der Waals surface area contributed by atoms with Crippen molar-refractivity contribution in [2.75, 3.05) is 24.6 Å². The van der Waals surface area contributed by atoms with Gasteiger partial charge < -0.3 is 0 Å². The van der Waals surface area contributed by atoms with E-state index in [9.17, 15) is 0 Å². The van der Waals surface area contributed by atoms with Gasteiger partial charge in [-0.1, -0.05) is 5.21 Å². The fourth-order valence-corrected chi connectivity index (χ4v) is 2.42. The predicted octanol–water partition coefficient (Wildman–Crippen LogP) is 0.364. The smallest absolute Gasteiger partial charge is 0.0738 e. The van der Waals surface area contributed by atoms with E-state index in [1.54, 1.807) is 0 Å². The van der Waals surface area contributed by atoms with Gasteiger partial charge in [0.05, 0.1) is 11.9 Å². The van der Waals surface area contributed by atoms with Crippen LogP contribution in [0.15, 0.2) is 6.20 Å². The molecule has 5 heteroatoms. The zero-order valence-electron chi connectivity index (χ0n) is 7.81. The van der Waals surface area contributed by atoms with E-state index in [2.05, 4.69) is 15.2 Å². The average molecular weight is 198 g/mol. The van der Waals surface area contributed by atoms with Crippen LogP contribution >= 0.6 is 11.8 Å². The standard InChI is InChI=1S/C8H14N4S/c1-11-8(6-9-10-11)7-12-2-4-13-5-3-12/h6H,2-5,7H2,1H3. The van der Waals surface area contributed by atoms with Crippen molar-refractivity contribution in [3.63, 3.8) is 0 Å². The summed E-state index contributed by atoms with van der Waals surface area (Å²) in [4.78, 5) is 2.45. The molecule has 1 aromatic heterocycles. The maximum Gasteiger partial charge on any atom is 0.0738 e. The maximum absolute atomic E-state index is 3.92. The van der Waals surface area contributed by atoms with E-state index in [-0.39, 0.29) is 0 Å². The van der Waals surface area contributed by atoms with Gasteiger partial charge in [-0.2, -0.15) is 11.8 Å². The van der Waals surface area contributed by atoms with E-state index in [1.165, 1.54) is 30.3 Å². The Morgan fingerprint density at radius 2 is 2.23 bits per heavy atom. The largest absolute Gasteiger partial charge is 0.296 e. The highest BCUT2D eigenvalue weighted by Crippen LogP contribution is 2.11. The molecule has 0 aliphatic carbocycles. The Morgan fingerprint density at radius 1 is 1.46 bits per heavy atom. The first-order chi connectivity index (χ1) is 6.36. The fourth-order valence-electron chi connectivity index (χ4n) is 1.44. The first kappa shape index (κ1) is 9.02. The van der Waals surface area contributed by atoms with E-state index in [4.69, 9.17) is 0 Å². The molecule has 0 N–H and O–H groups in total. The monoisotopic (exact) mass is 198 g/mol. The molecule has 0 unspecified atom stereocenters. The molecule has 13 heavy (non-hydrogen) atoms. The highest BCUT2D eigenvalue weighted by molar-refractivity contribution is 7.99. The van der Waals surface area contributed by atoms with Crippen LogP contribution in [0.3, 0.4) is 0 Å². The molecule has 1 aliphatic rings. The molecular weight excluding hydrogens is 184 g/mol. The fraction of sp³-hybridized carbons (Fsp3) is 0.750. The van der Waals surface area contributed by atoms with Gasteiger partial charge in [-0.15, -0.1) is 5.10 Å². The Hall–Kier alpha value is -0.550. The quantitative estimate of drug-likeness (QED) is 0.687. The highest BCUT2D eigenvalue weighted by Gasteiger charge is 2.12. The molecule has 72 valence electrons. The Kier molecular flexibility index (Phi) is 2.85. The van der Waals surface area contributed by atoms with Crippen molar-refractivity contribution in [1.82, 2.24) is 19.9 Å².